The van der Waals surface area contributed by atoms with E-state index in [1.807, 2.05) is 42.4 Å². The van der Waals surface area contributed by atoms with E-state index in [2.05, 4.69) is 26.3 Å². The molecule has 1 N–H and O–H groups in total. The van der Waals surface area contributed by atoms with Crippen molar-refractivity contribution >= 4 is 17.5 Å². The number of anilines is 1. The highest BCUT2D eigenvalue weighted by atomic mass is 35.5. The van der Waals surface area contributed by atoms with Crippen molar-refractivity contribution in [3.8, 4) is 0 Å². The SMILES string of the molecule is CN(Cc1cnccn1)c1nccc(C2(c3ccccc3Cl)CCNCC2)n1. The number of nitrogens with zero attached hydrogens (tertiary/aromatic N) is 5. The van der Waals surface area contributed by atoms with Crippen LogP contribution in [0.3, 0.4) is 0 Å². The van der Waals surface area contributed by atoms with Gasteiger partial charge in [-0.3, -0.25) is 9.97 Å². The summed E-state index contributed by atoms with van der Waals surface area (Å²) in [6.07, 6.45) is 8.86. The minimum absolute atomic E-state index is 0.214. The number of halogens is 1. The quantitative estimate of drug-likeness (QED) is 0.716. The van der Waals surface area contributed by atoms with Gasteiger partial charge in [-0.25, -0.2) is 9.97 Å². The molecule has 0 spiro atoms. The van der Waals surface area contributed by atoms with E-state index < -0.39 is 0 Å². The van der Waals surface area contributed by atoms with Gasteiger partial charge < -0.3 is 10.2 Å². The first-order valence-electron chi connectivity index (χ1n) is 9.44. The van der Waals surface area contributed by atoms with E-state index in [4.69, 9.17) is 16.6 Å². The van der Waals surface area contributed by atoms with Crippen LogP contribution in [-0.2, 0) is 12.0 Å². The molecule has 28 heavy (non-hydrogen) atoms. The maximum atomic E-state index is 6.62. The van der Waals surface area contributed by atoms with Gasteiger partial charge in [-0.15, -0.1) is 0 Å². The minimum atomic E-state index is -0.214. The lowest BCUT2D eigenvalue weighted by Gasteiger charge is -2.38. The van der Waals surface area contributed by atoms with Crippen molar-refractivity contribution in [3.05, 3.63) is 77.1 Å². The van der Waals surface area contributed by atoms with Crippen molar-refractivity contribution in [2.24, 2.45) is 0 Å². The van der Waals surface area contributed by atoms with Crippen LogP contribution in [0.2, 0.25) is 5.02 Å². The number of piperidine rings is 1. The highest BCUT2D eigenvalue weighted by molar-refractivity contribution is 6.31. The average Bonchev–Trinajstić information content (AvgIpc) is 2.75. The third kappa shape index (κ3) is 3.70. The van der Waals surface area contributed by atoms with Crippen LogP contribution in [0.15, 0.2) is 55.1 Å². The lowest BCUT2D eigenvalue weighted by Crippen LogP contribution is -2.41. The Morgan fingerprint density at radius 1 is 1.07 bits per heavy atom. The average molecular weight is 395 g/mol. The molecule has 0 saturated carbocycles. The van der Waals surface area contributed by atoms with E-state index in [1.54, 1.807) is 18.6 Å². The largest absolute Gasteiger partial charge is 0.338 e. The van der Waals surface area contributed by atoms with Crippen molar-refractivity contribution in [1.29, 1.82) is 0 Å². The zero-order chi connectivity index (χ0) is 19.4. The van der Waals surface area contributed by atoms with Crippen molar-refractivity contribution in [1.82, 2.24) is 25.3 Å². The second-order valence-corrected chi connectivity index (χ2v) is 7.51. The number of rotatable bonds is 5. The van der Waals surface area contributed by atoms with Gasteiger partial charge in [-0.05, 0) is 43.6 Å². The van der Waals surface area contributed by atoms with E-state index >= 15 is 0 Å². The molecule has 1 aliphatic rings. The lowest BCUT2D eigenvalue weighted by molar-refractivity contribution is 0.354. The van der Waals surface area contributed by atoms with Gasteiger partial charge in [-0.1, -0.05) is 29.8 Å². The van der Waals surface area contributed by atoms with Crippen molar-refractivity contribution in [2.45, 2.75) is 24.8 Å². The molecule has 144 valence electrons. The van der Waals surface area contributed by atoms with Crippen LogP contribution in [-0.4, -0.2) is 40.1 Å². The number of hydrogen-bond donors (Lipinski definition) is 1. The van der Waals surface area contributed by atoms with Crippen LogP contribution >= 0.6 is 11.6 Å². The highest BCUT2D eigenvalue weighted by Crippen LogP contribution is 2.42. The molecule has 0 unspecified atom stereocenters. The maximum Gasteiger partial charge on any atom is 0.225 e. The van der Waals surface area contributed by atoms with Crippen LogP contribution in [0.1, 0.15) is 29.8 Å². The molecule has 1 aromatic carbocycles. The topological polar surface area (TPSA) is 66.8 Å². The van der Waals surface area contributed by atoms with Crippen LogP contribution in [0, 0.1) is 0 Å². The van der Waals surface area contributed by atoms with E-state index in [0.717, 1.165) is 47.9 Å². The molecule has 4 rings (SSSR count). The Bertz CT molecular complexity index is 927. The van der Waals surface area contributed by atoms with Gasteiger partial charge in [-0.2, -0.15) is 0 Å². The van der Waals surface area contributed by atoms with Crippen molar-refractivity contribution < 1.29 is 0 Å². The standard InChI is InChI=1S/C21H23ClN6/c1-28(15-16-14-24-12-13-25-16)20-26-9-6-19(27-20)21(7-10-23-11-8-21)17-4-2-3-5-18(17)22/h2-6,9,12-14,23H,7-8,10-11,15H2,1H3. The normalized spacial score (nSPS) is 15.9. The number of benzene rings is 1. The molecule has 3 aromatic rings. The Morgan fingerprint density at radius 3 is 2.64 bits per heavy atom. The first-order chi connectivity index (χ1) is 13.7. The van der Waals surface area contributed by atoms with Crippen LogP contribution < -0.4 is 10.2 Å². The zero-order valence-electron chi connectivity index (χ0n) is 15.8. The summed E-state index contributed by atoms with van der Waals surface area (Å²) >= 11 is 6.62. The predicted molar refractivity (Wildman–Crippen MR) is 111 cm³/mol. The molecule has 0 radical (unpaired) electrons. The summed E-state index contributed by atoms with van der Waals surface area (Å²) in [7, 11) is 1.97. The molecule has 0 aliphatic carbocycles. The van der Waals surface area contributed by atoms with Crippen LogP contribution in [0.5, 0.6) is 0 Å². The summed E-state index contributed by atoms with van der Waals surface area (Å²) in [5.41, 5.74) is 2.81. The van der Waals surface area contributed by atoms with Crippen molar-refractivity contribution in [2.75, 3.05) is 25.0 Å². The summed E-state index contributed by atoms with van der Waals surface area (Å²) in [5, 5.41) is 4.25. The fourth-order valence-electron chi connectivity index (χ4n) is 3.89. The molecule has 1 saturated heterocycles. The monoisotopic (exact) mass is 394 g/mol. The van der Waals surface area contributed by atoms with Crippen LogP contribution in [0.25, 0.3) is 0 Å². The Labute approximate surface area is 170 Å². The molecule has 0 atom stereocenters. The lowest BCUT2D eigenvalue weighted by atomic mass is 9.70. The number of hydrogen-bond acceptors (Lipinski definition) is 6. The fraction of sp³-hybridized carbons (Fsp3) is 0.333. The Kier molecular flexibility index (Phi) is 5.50. The molecule has 1 fully saturated rings. The van der Waals surface area contributed by atoms with Gasteiger partial charge in [0.15, 0.2) is 0 Å². The molecule has 3 heterocycles. The molecule has 6 nitrogen and oxygen atoms in total. The summed E-state index contributed by atoms with van der Waals surface area (Å²) in [6.45, 7) is 2.46. The third-order valence-electron chi connectivity index (χ3n) is 5.34. The molecule has 1 aliphatic heterocycles. The summed E-state index contributed by atoms with van der Waals surface area (Å²) in [4.78, 5) is 19.9. The van der Waals surface area contributed by atoms with E-state index in [0.29, 0.717) is 12.5 Å². The minimum Gasteiger partial charge on any atom is -0.338 e. The zero-order valence-corrected chi connectivity index (χ0v) is 16.6. The van der Waals surface area contributed by atoms with Crippen LogP contribution in [0.4, 0.5) is 5.95 Å². The van der Waals surface area contributed by atoms with Gasteiger partial charge in [0.05, 0.1) is 24.1 Å². The van der Waals surface area contributed by atoms with E-state index in [1.165, 1.54) is 0 Å². The van der Waals surface area contributed by atoms with Gasteiger partial charge in [0.1, 0.15) is 0 Å². The molecule has 0 amide bonds. The third-order valence-corrected chi connectivity index (χ3v) is 5.67. The molecular formula is C21H23ClN6. The van der Waals surface area contributed by atoms with E-state index in [9.17, 15) is 0 Å². The second-order valence-electron chi connectivity index (χ2n) is 7.11. The predicted octanol–water partition coefficient (Wildman–Crippen LogP) is 3.23. The second kappa shape index (κ2) is 8.20. The maximum absolute atomic E-state index is 6.62. The number of nitrogens with one attached hydrogen (secondary N) is 1. The summed E-state index contributed by atoms with van der Waals surface area (Å²) in [5.74, 6) is 0.674. The summed E-state index contributed by atoms with van der Waals surface area (Å²) in [6, 6.07) is 10.1. The number of aromatic nitrogens is 4. The van der Waals surface area contributed by atoms with Gasteiger partial charge in [0, 0.05) is 36.1 Å². The Morgan fingerprint density at radius 2 is 1.89 bits per heavy atom. The smallest absolute Gasteiger partial charge is 0.225 e. The molecule has 2 aromatic heterocycles. The first-order valence-corrected chi connectivity index (χ1v) is 9.82. The molecule has 7 heteroatoms. The summed E-state index contributed by atoms with van der Waals surface area (Å²) < 4.78 is 0. The molecular weight excluding hydrogens is 372 g/mol. The fourth-order valence-corrected chi connectivity index (χ4v) is 4.21. The molecule has 0 bridgehead atoms. The van der Waals surface area contributed by atoms with Gasteiger partial charge >= 0.3 is 0 Å². The van der Waals surface area contributed by atoms with Crippen molar-refractivity contribution in [3.63, 3.8) is 0 Å². The Balaban J connectivity index is 1.70. The van der Waals surface area contributed by atoms with Gasteiger partial charge in [0.25, 0.3) is 0 Å². The van der Waals surface area contributed by atoms with E-state index in [-0.39, 0.29) is 5.41 Å². The highest BCUT2D eigenvalue weighted by Gasteiger charge is 2.38. The first kappa shape index (κ1) is 18.8. The van der Waals surface area contributed by atoms with Gasteiger partial charge in [0.2, 0.25) is 5.95 Å². The Hall–Kier alpha value is -2.57.